The highest BCUT2D eigenvalue weighted by Crippen LogP contribution is 2.25. The minimum atomic E-state index is -0.147. The van der Waals surface area contributed by atoms with E-state index in [1.807, 2.05) is 36.0 Å². The van der Waals surface area contributed by atoms with Crippen molar-refractivity contribution in [2.24, 2.45) is 7.05 Å². The smallest absolute Gasteiger partial charge is 0.187 e. The highest BCUT2D eigenvalue weighted by molar-refractivity contribution is 6.35. The van der Waals surface area contributed by atoms with Gasteiger partial charge in [0.05, 0.1) is 18.2 Å². The molecule has 0 spiro atoms. The Kier molecular flexibility index (Phi) is 6.16. The number of benzene rings is 1. The van der Waals surface area contributed by atoms with Crippen molar-refractivity contribution in [3.8, 4) is 0 Å². The summed E-state index contributed by atoms with van der Waals surface area (Å²) in [6, 6.07) is 7.52. The number of carbonyl (C=O) groups excluding carboxylic acids is 1. The van der Waals surface area contributed by atoms with Crippen molar-refractivity contribution in [3.05, 3.63) is 63.9 Å². The van der Waals surface area contributed by atoms with E-state index >= 15 is 0 Å². The zero-order chi connectivity index (χ0) is 16.8. The number of rotatable bonds is 7. The number of halogens is 1. The number of ether oxygens (including phenoxy) is 2. The van der Waals surface area contributed by atoms with Gasteiger partial charge in [0, 0.05) is 38.7 Å². The van der Waals surface area contributed by atoms with Crippen molar-refractivity contribution in [1.82, 2.24) is 4.57 Å². The fraction of sp³-hybridized carbons (Fsp3) is 0.278. The third-order valence-corrected chi connectivity index (χ3v) is 3.92. The van der Waals surface area contributed by atoms with Crippen LogP contribution in [0.2, 0.25) is 5.02 Å². The number of allylic oxidation sites excluding steroid dienone is 1. The molecular weight excluding hydrogens is 314 g/mol. The second kappa shape index (κ2) is 8.11. The van der Waals surface area contributed by atoms with Crippen LogP contribution in [0, 0.1) is 0 Å². The molecule has 1 aromatic carbocycles. The van der Waals surface area contributed by atoms with E-state index in [2.05, 4.69) is 0 Å². The first-order chi connectivity index (χ1) is 11.1. The summed E-state index contributed by atoms with van der Waals surface area (Å²) in [7, 11) is 5.13. The molecule has 0 atom stereocenters. The van der Waals surface area contributed by atoms with Gasteiger partial charge >= 0.3 is 0 Å². The Morgan fingerprint density at radius 1 is 1.26 bits per heavy atom. The van der Waals surface area contributed by atoms with Crippen LogP contribution in [0.3, 0.4) is 0 Å². The van der Waals surface area contributed by atoms with E-state index in [0.29, 0.717) is 23.8 Å². The quantitative estimate of drug-likeness (QED) is 0.570. The van der Waals surface area contributed by atoms with Crippen molar-refractivity contribution in [2.75, 3.05) is 14.2 Å². The largest absolute Gasteiger partial charge is 0.380 e. The van der Waals surface area contributed by atoms with E-state index in [4.69, 9.17) is 21.1 Å². The average Bonchev–Trinajstić information content (AvgIpc) is 2.93. The van der Waals surface area contributed by atoms with Crippen molar-refractivity contribution in [2.45, 2.75) is 13.2 Å². The van der Waals surface area contributed by atoms with Crippen molar-refractivity contribution in [1.29, 1.82) is 0 Å². The second-order valence-corrected chi connectivity index (χ2v) is 5.60. The molecule has 2 aromatic rings. The summed E-state index contributed by atoms with van der Waals surface area (Å²) in [5.74, 6) is -0.147. The number of methoxy groups -OCH3 is 2. The van der Waals surface area contributed by atoms with Gasteiger partial charge in [-0.1, -0.05) is 11.6 Å². The zero-order valence-corrected chi connectivity index (χ0v) is 14.3. The van der Waals surface area contributed by atoms with Gasteiger partial charge in [-0.05, 0) is 47.5 Å². The van der Waals surface area contributed by atoms with Crippen LogP contribution in [0.5, 0.6) is 0 Å². The topological polar surface area (TPSA) is 40.5 Å². The molecule has 0 saturated heterocycles. The molecule has 4 nitrogen and oxygen atoms in total. The maximum atomic E-state index is 12.5. The van der Waals surface area contributed by atoms with Gasteiger partial charge in [0.2, 0.25) is 0 Å². The van der Waals surface area contributed by atoms with Crippen LogP contribution in [0.25, 0.3) is 6.08 Å². The van der Waals surface area contributed by atoms with Gasteiger partial charge in [0.25, 0.3) is 0 Å². The molecule has 0 radical (unpaired) electrons. The Morgan fingerprint density at radius 2 is 2.00 bits per heavy atom. The minimum absolute atomic E-state index is 0.147. The molecule has 23 heavy (non-hydrogen) atoms. The van der Waals surface area contributed by atoms with Crippen LogP contribution in [-0.4, -0.2) is 24.6 Å². The standard InChI is InChI=1S/C18H20ClNO3/c1-20-8-4-5-15(20)6-7-17(21)16-10-13(11-22-2)9-14(12-23-3)18(16)19/h4-10H,11-12H2,1-3H3/b7-6+. The molecule has 0 saturated carbocycles. The van der Waals surface area contributed by atoms with Gasteiger partial charge in [-0.25, -0.2) is 0 Å². The lowest BCUT2D eigenvalue weighted by Crippen LogP contribution is -2.03. The lowest BCUT2D eigenvalue weighted by Gasteiger charge is -2.11. The third-order valence-electron chi connectivity index (χ3n) is 3.47. The van der Waals surface area contributed by atoms with E-state index in [-0.39, 0.29) is 5.78 Å². The van der Waals surface area contributed by atoms with E-state index in [1.165, 1.54) is 6.08 Å². The maximum Gasteiger partial charge on any atom is 0.187 e. The second-order valence-electron chi connectivity index (χ2n) is 5.22. The Bertz CT molecular complexity index is 719. The molecule has 0 fully saturated rings. The molecule has 1 heterocycles. The molecule has 0 aliphatic heterocycles. The molecule has 2 rings (SSSR count). The molecular formula is C18H20ClNO3. The molecule has 0 unspecified atom stereocenters. The fourth-order valence-corrected chi connectivity index (χ4v) is 2.60. The van der Waals surface area contributed by atoms with Crippen molar-refractivity contribution < 1.29 is 14.3 Å². The highest BCUT2D eigenvalue weighted by atomic mass is 35.5. The average molecular weight is 334 g/mol. The Hall–Kier alpha value is -1.88. The van der Waals surface area contributed by atoms with E-state index in [9.17, 15) is 4.79 Å². The number of ketones is 1. The van der Waals surface area contributed by atoms with Crippen LogP contribution < -0.4 is 0 Å². The first-order valence-corrected chi connectivity index (χ1v) is 7.57. The van der Waals surface area contributed by atoms with Gasteiger partial charge in [-0.3, -0.25) is 4.79 Å². The van der Waals surface area contributed by atoms with Gasteiger partial charge in [0.15, 0.2) is 5.78 Å². The zero-order valence-electron chi connectivity index (χ0n) is 13.5. The normalized spacial score (nSPS) is 11.3. The number of aromatic nitrogens is 1. The molecule has 0 amide bonds. The summed E-state index contributed by atoms with van der Waals surface area (Å²) in [5, 5.41) is 0.424. The first kappa shape index (κ1) is 17.5. The summed E-state index contributed by atoms with van der Waals surface area (Å²) >= 11 is 6.37. The summed E-state index contributed by atoms with van der Waals surface area (Å²) in [6.45, 7) is 0.758. The predicted molar refractivity (Wildman–Crippen MR) is 91.7 cm³/mol. The molecule has 0 aliphatic rings. The van der Waals surface area contributed by atoms with E-state index in [1.54, 1.807) is 26.4 Å². The van der Waals surface area contributed by atoms with E-state index < -0.39 is 0 Å². The summed E-state index contributed by atoms with van der Waals surface area (Å²) < 4.78 is 12.2. The number of carbonyl (C=O) groups is 1. The lowest BCUT2D eigenvalue weighted by molar-refractivity contribution is 0.104. The molecule has 122 valence electrons. The Balaban J connectivity index is 2.34. The number of hydrogen-bond acceptors (Lipinski definition) is 3. The van der Waals surface area contributed by atoms with Gasteiger partial charge in [-0.2, -0.15) is 0 Å². The SMILES string of the molecule is COCc1cc(COC)c(Cl)c(C(=O)/C=C/c2cccn2C)c1. The van der Waals surface area contributed by atoms with Crippen molar-refractivity contribution in [3.63, 3.8) is 0 Å². The summed E-state index contributed by atoms with van der Waals surface area (Å²) in [4.78, 5) is 12.5. The van der Waals surface area contributed by atoms with Crippen LogP contribution in [-0.2, 0) is 29.7 Å². The van der Waals surface area contributed by atoms with Crippen LogP contribution >= 0.6 is 11.6 Å². The number of hydrogen-bond donors (Lipinski definition) is 0. The van der Waals surface area contributed by atoms with Crippen molar-refractivity contribution >= 4 is 23.5 Å². The van der Waals surface area contributed by atoms with Crippen LogP contribution in [0.4, 0.5) is 0 Å². The third kappa shape index (κ3) is 4.32. The fourth-order valence-electron chi connectivity index (χ4n) is 2.34. The highest BCUT2D eigenvalue weighted by Gasteiger charge is 2.14. The van der Waals surface area contributed by atoms with Gasteiger partial charge in [-0.15, -0.1) is 0 Å². The number of aryl methyl sites for hydroxylation is 1. The molecule has 0 N–H and O–H groups in total. The summed E-state index contributed by atoms with van der Waals surface area (Å²) in [6.07, 6.45) is 5.23. The lowest BCUT2D eigenvalue weighted by atomic mass is 10.0. The van der Waals surface area contributed by atoms with Crippen LogP contribution in [0.15, 0.2) is 36.5 Å². The Labute approximate surface area is 141 Å². The maximum absolute atomic E-state index is 12.5. The molecule has 0 bridgehead atoms. The predicted octanol–water partition coefficient (Wildman–Crippen LogP) is 3.87. The monoisotopic (exact) mass is 333 g/mol. The number of nitrogens with zero attached hydrogens (tertiary/aromatic N) is 1. The molecule has 5 heteroatoms. The molecule has 0 aliphatic carbocycles. The van der Waals surface area contributed by atoms with Gasteiger partial charge < -0.3 is 14.0 Å². The minimum Gasteiger partial charge on any atom is -0.380 e. The van der Waals surface area contributed by atoms with Gasteiger partial charge in [0.1, 0.15) is 0 Å². The first-order valence-electron chi connectivity index (χ1n) is 7.19. The van der Waals surface area contributed by atoms with Crippen LogP contribution in [0.1, 0.15) is 27.2 Å². The Morgan fingerprint density at radius 3 is 2.61 bits per heavy atom. The summed E-state index contributed by atoms with van der Waals surface area (Å²) in [5.41, 5.74) is 3.07. The molecule has 1 aromatic heterocycles. The van der Waals surface area contributed by atoms with E-state index in [0.717, 1.165) is 16.8 Å².